The van der Waals surface area contributed by atoms with Crippen molar-refractivity contribution in [3.63, 3.8) is 0 Å². The highest BCUT2D eigenvalue weighted by Crippen LogP contribution is 2.56. The van der Waals surface area contributed by atoms with E-state index in [1.54, 1.807) is 0 Å². The maximum absolute atomic E-state index is 10.7. The molecule has 100 valence electrons. The first-order chi connectivity index (χ1) is 7.49. The van der Waals surface area contributed by atoms with Crippen molar-refractivity contribution in [3.8, 4) is 0 Å². The summed E-state index contributed by atoms with van der Waals surface area (Å²) in [4.78, 5) is 0. The summed E-state index contributed by atoms with van der Waals surface area (Å²) in [6.07, 6.45) is 4.10. The topological polar surface area (TPSA) is 20.2 Å². The van der Waals surface area contributed by atoms with Crippen molar-refractivity contribution < 1.29 is 5.11 Å². The molecule has 2 atom stereocenters. The van der Waals surface area contributed by atoms with Crippen LogP contribution in [-0.4, -0.2) is 11.2 Å². The van der Waals surface area contributed by atoms with Gasteiger partial charge in [0.15, 0.2) is 0 Å². The van der Waals surface area contributed by atoms with E-state index in [2.05, 4.69) is 48.1 Å². The van der Waals surface area contributed by atoms with Gasteiger partial charge in [0.25, 0.3) is 0 Å². The Hall–Kier alpha value is -0.300. The lowest BCUT2D eigenvalue weighted by Crippen LogP contribution is -2.40. The van der Waals surface area contributed by atoms with Gasteiger partial charge in [-0.3, -0.25) is 0 Å². The lowest BCUT2D eigenvalue weighted by molar-refractivity contribution is -0.0292. The van der Waals surface area contributed by atoms with E-state index in [0.717, 1.165) is 25.7 Å². The number of hydrogen-bond donors (Lipinski definition) is 1. The zero-order chi connectivity index (χ0) is 13.5. The van der Waals surface area contributed by atoms with Gasteiger partial charge in [0.05, 0.1) is 6.10 Å². The minimum absolute atomic E-state index is 0.0492. The van der Waals surface area contributed by atoms with E-state index in [0.29, 0.717) is 0 Å². The fraction of sp³-hybridized carbons (Fsp3) is 0.875. The SMILES string of the molecule is C=C(C)CC1(CC(C)(C)C)CCC(C)(C)C1O. The summed E-state index contributed by atoms with van der Waals surface area (Å²) in [6.45, 7) is 17.3. The molecule has 0 aromatic heterocycles. The van der Waals surface area contributed by atoms with Crippen LogP contribution in [0.25, 0.3) is 0 Å². The van der Waals surface area contributed by atoms with E-state index >= 15 is 0 Å². The van der Waals surface area contributed by atoms with E-state index in [1.807, 2.05) is 0 Å². The van der Waals surface area contributed by atoms with Crippen molar-refractivity contribution in [1.29, 1.82) is 0 Å². The van der Waals surface area contributed by atoms with Gasteiger partial charge in [0.1, 0.15) is 0 Å². The van der Waals surface area contributed by atoms with Crippen LogP contribution in [0.15, 0.2) is 12.2 Å². The molecule has 1 nitrogen and oxygen atoms in total. The Kier molecular flexibility index (Phi) is 3.84. The Morgan fingerprint density at radius 3 is 2.12 bits per heavy atom. The summed E-state index contributed by atoms with van der Waals surface area (Å²) in [5.41, 5.74) is 1.57. The van der Waals surface area contributed by atoms with Crippen LogP contribution in [0.1, 0.15) is 67.2 Å². The van der Waals surface area contributed by atoms with Crippen LogP contribution in [0.5, 0.6) is 0 Å². The molecule has 2 unspecified atom stereocenters. The Labute approximate surface area is 107 Å². The monoisotopic (exact) mass is 238 g/mol. The normalized spacial score (nSPS) is 32.8. The lowest BCUT2D eigenvalue weighted by Gasteiger charge is -2.41. The third-order valence-corrected chi connectivity index (χ3v) is 4.12. The fourth-order valence-corrected chi connectivity index (χ4v) is 3.76. The fourth-order valence-electron chi connectivity index (χ4n) is 3.76. The molecule has 1 fully saturated rings. The first kappa shape index (κ1) is 14.8. The quantitative estimate of drug-likeness (QED) is 0.715. The Morgan fingerprint density at radius 1 is 1.29 bits per heavy atom. The Bertz CT molecular complexity index is 295. The molecule has 0 heterocycles. The maximum Gasteiger partial charge on any atom is 0.0650 e. The van der Waals surface area contributed by atoms with Crippen molar-refractivity contribution in [2.45, 2.75) is 73.3 Å². The molecule has 0 amide bonds. The molecule has 1 saturated carbocycles. The number of rotatable bonds is 3. The second kappa shape index (κ2) is 4.42. The van der Waals surface area contributed by atoms with Gasteiger partial charge in [-0.05, 0) is 43.4 Å². The highest BCUT2D eigenvalue weighted by molar-refractivity contribution is 5.08. The molecule has 1 heteroatoms. The van der Waals surface area contributed by atoms with Crippen molar-refractivity contribution in [3.05, 3.63) is 12.2 Å². The average molecular weight is 238 g/mol. The predicted octanol–water partition coefficient (Wildman–Crippen LogP) is 4.56. The van der Waals surface area contributed by atoms with Gasteiger partial charge >= 0.3 is 0 Å². The van der Waals surface area contributed by atoms with Crippen molar-refractivity contribution >= 4 is 0 Å². The molecule has 1 aliphatic rings. The largest absolute Gasteiger partial charge is 0.392 e. The standard InChI is InChI=1S/C16H30O/c1-12(2)10-16(11-14(3,4)5)9-8-15(6,7)13(16)17/h13,17H,1,8-11H2,2-7H3. The van der Waals surface area contributed by atoms with Gasteiger partial charge in [-0.15, -0.1) is 6.58 Å². The van der Waals surface area contributed by atoms with E-state index in [9.17, 15) is 5.11 Å². The molecule has 0 aromatic carbocycles. The molecular formula is C16H30O. The Balaban J connectivity index is 3.00. The van der Waals surface area contributed by atoms with Crippen LogP contribution in [0.2, 0.25) is 0 Å². The number of hydrogen-bond acceptors (Lipinski definition) is 1. The lowest BCUT2D eigenvalue weighted by atomic mass is 9.66. The van der Waals surface area contributed by atoms with E-state index in [4.69, 9.17) is 0 Å². The van der Waals surface area contributed by atoms with Crippen LogP contribution in [-0.2, 0) is 0 Å². The van der Waals surface area contributed by atoms with Crippen LogP contribution in [0.3, 0.4) is 0 Å². The van der Waals surface area contributed by atoms with Gasteiger partial charge < -0.3 is 5.11 Å². The van der Waals surface area contributed by atoms with Crippen LogP contribution in [0, 0.1) is 16.2 Å². The second-order valence-corrected chi connectivity index (χ2v) is 8.12. The number of aliphatic hydroxyl groups is 1. The maximum atomic E-state index is 10.7. The molecule has 1 aliphatic carbocycles. The number of aliphatic hydroxyl groups excluding tert-OH is 1. The summed E-state index contributed by atoms with van der Waals surface area (Å²) in [5, 5.41) is 10.7. The van der Waals surface area contributed by atoms with Crippen LogP contribution >= 0.6 is 0 Å². The smallest absolute Gasteiger partial charge is 0.0650 e. The number of allylic oxidation sites excluding steroid dienone is 1. The highest BCUT2D eigenvalue weighted by atomic mass is 16.3. The van der Waals surface area contributed by atoms with Gasteiger partial charge in [-0.1, -0.05) is 40.2 Å². The zero-order valence-corrected chi connectivity index (χ0v) is 12.6. The van der Waals surface area contributed by atoms with E-state index in [-0.39, 0.29) is 22.3 Å². The first-order valence-corrected chi connectivity index (χ1v) is 6.81. The summed E-state index contributed by atoms with van der Waals surface area (Å²) >= 11 is 0. The van der Waals surface area contributed by atoms with Crippen molar-refractivity contribution in [2.24, 2.45) is 16.2 Å². The minimum atomic E-state index is -0.203. The predicted molar refractivity (Wildman–Crippen MR) is 75.0 cm³/mol. The van der Waals surface area contributed by atoms with Crippen molar-refractivity contribution in [2.75, 3.05) is 0 Å². The molecule has 0 saturated heterocycles. The molecule has 0 spiro atoms. The summed E-state index contributed by atoms with van der Waals surface area (Å²) < 4.78 is 0. The average Bonchev–Trinajstić information content (AvgIpc) is 2.27. The van der Waals surface area contributed by atoms with Crippen molar-refractivity contribution in [1.82, 2.24) is 0 Å². The summed E-state index contributed by atoms with van der Waals surface area (Å²) in [5.74, 6) is 0. The van der Waals surface area contributed by atoms with Gasteiger partial charge in [0, 0.05) is 5.41 Å². The minimum Gasteiger partial charge on any atom is -0.392 e. The third kappa shape index (κ3) is 3.34. The Morgan fingerprint density at radius 2 is 1.82 bits per heavy atom. The second-order valence-electron chi connectivity index (χ2n) is 8.12. The molecule has 0 radical (unpaired) electrons. The summed E-state index contributed by atoms with van der Waals surface area (Å²) in [6, 6.07) is 0. The summed E-state index contributed by atoms with van der Waals surface area (Å²) in [7, 11) is 0. The highest BCUT2D eigenvalue weighted by Gasteiger charge is 2.52. The van der Waals surface area contributed by atoms with Gasteiger partial charge in [0.2, 0.25) is 0 Å². The molecule has 0 aliphatic heterocycles. The molecule has 0 aromatic rings. The first-order valence-electron chi connectivity index (χ1n) is 6.81. The van der Waals surface area contributed by atoms with E-state index < -0.39 is 0 Å². The molecular weight excluding hydrogens is 208 g/mol. The van der Waals surface area contributed by atoms with E-state index in [1.165, 1.54) is 5.57 Å². The van der Waals surface area contributed by atoms with Crippen LogP contribution < -0.4 is 0 Å². The molecule has 0 bridgehead atoms. The zero-order valence-electron chi connectivity index (χ0n) is 12.6. The third-order valence-electron chi connectivity index (χ3n) is 4.12. The van der Waals surface area contributed by atoms with Crippen LogP contribution in [0.4, 0.5) is 0 Å². The molecule has 1 rings (SSSR count). The molecule has 17 heavy (non-hydrogen) atoms. The van der Waals surface area contributed by atoms with Gasteiger partial charge in [-0.25, -0.2) is 0 Å². The molecule has 1 N–H and O–H groups in total. The van der Waals surface area contributed by atoms with Gasteiger partial charge in [-0.2, -0.15) is 0 Å².